The molecule has 1 aliphatic rings. The van der Waals surface area contributed by atoms with Crippen molar-refractivity contribution < 1.29 is 13.2 Å². The van der Waals surface area contributed by atoms with Crippen LogP contribution in [-0.4, -0.2) is 11.3 Å². The maximum Gasteiger partial charge on any atom is 0.416 e. The van der Waals surface area contributed by atoms with Crippen molar-refractivity contribution in [3.63, 3.8) is 0 Å². The summed E-state index contributed by atoms with van der Waals surface area (Å²) >= 11 is 4.92. The Morgan fingerprint density at radius 1 is 1.35 bits per heavy atom. The van der Waals surface area contributed by atoms with E-state index < -0.39 is 11.7 Å². The van der Waals surface area contributed by atoms with Gasteiger partial charge in [-0.05, 0) is 37.3 Å². The highest BCUT2D eigenvalue weighted by Crippen LogP contribution is 2.33. The Kier molecular flexibility index (Phi) is 2.86. The van der Waals surface area contributed by atoms with Crippen LogP contribution >= 0.6 is 12.2 Å². The Bertz CT molecular complexity index is 484. The van der Waals surface area contributed by atoms with Crippen molar-refractivity contribution in [2.24, 2.45) is 10.2 Å². The maximum atomic E-state index is 12.6. The molecule has 1 atom stereocenters. The predicted molar refractivity (Wildman–Crippen MR) is 60.8 cm³/mol. The average molecular weight is 259 g/mol. The van der Waals surface area contributed by atoms with Crippen LogP contribution in [0.3, 0.4) is 0 Å². The van der Waals surface area contributed by atoms with Crippen LogP contribution in [-0.2, 0) is 6.18 Å². The highest BCUT2D eigenvalue weighted by Gasteiger charge is 2.32. The number of azo groups is 1. The third-order valence-corrected chi connectivity index (χ3v) is 2.62. The summed E-state index contributed by atoms with van der Waals surface area (Å²) in [6.07, 6.45) is -4.74. The second-order valence-corrected chi connectivity index (χ2v) is 3.91. The number of hydrogen-bond acceptors (Lipinski definition) is 2. The Balaban J connectivity index is 2.38. The molecule has 2 rings (SSSR count). The molecule has 0 fully saturated rings. The Morgan fingerprint density at radius 3 is 2.59 bits per heavy atom. The third-order valence-electron chi connectivity index (χ3n) is 2.34. The topological polar surface area (TPSA) is 28.0 Å². The van der Waals surface area contributed by atoms with Gasteiger partial charge in [0.1, 0.15) is 6.17 Å². The number of thiocarbonyl (C=S) groups is 1. The van der Waals surface area contributed by atoms with Gasteiger partial charge in [0.15, 0.2) is 0 Å². The van der Waals surface area contributed by atoms with Crippen LogP contribution in [0.5, 0.6) is 0 Å². The van der Waals surface area contributed by atoms with Crippen molar-refractivity contribution >= 4 is 23.0 Å². The number of rotatable bonds is 1. The highest BCUT2D eigenvalue weighted by molar-refractivity contribution is 7.80. The van der Waals surface area contributed by atoms with Crippen LogP contribution in [0.15, 0.2) is 34.5 Å². The summed E-state index contributed by atoms with van der Waals surface area (Å²) in [6.45, 7) is 1.71. The SMILES string of the molecule is C[C@H]1N=NC(=S)N1c1cccc(C(F)(F)F)c1. The lowest BCUT2D eigenvalue weighted by Crippen LogP contribution is -2.30. The van der Waals surface area contributed by atoms with E-state index in [4.69, 9.17) is 12.2 Å². The fraction of sp³-hybridized carbons (Fsp3) is 0.300. The number of halogens is 3. The molecular weight excluding hydrogens is 251 g/mol. The quantitative estimate of drug-likeness (QED) is 0.721. The van der Waals surface area contributed by atoms with Crippen molar-refractivity contribution in [3.8, 4) is 0 Å². The van der Waals surface area contributed by atoms with Crippen LogP contribution in [0, 0.1) is 0 Å². The summed E-state index contributed by atoms with van der Waals surface area (Å²) in [5, 5.41) is 7.64. The molecule has 0 bridgehead atoms. The lowest BCUT2D eigenvalue weighted by atomic mass is 10.2. The summed E-state index contributed by atoms with van der Waals surface area (Å²) in [4.78, 5) is 1.48. The molecule has 0 radical (unpaired) electrons. The van der Waals surface area contributed by atoms with Crippen molar-refractivity contribution in [3.05, 3.63) is 29.8 Å². The fourth-order valence-corrected chi connectivity index (χ4v) is 1.86. The molecule has 0 saturated heterocycles. The average Bonchev–Trinajstić information content (AvgIpc) is 2.57. The second-order valence-electron chi connectivity index (χ2n) is 3.55. The number of benzene rings is 1. The molecule has 3 nitrogen and oxygen atoms in total. The summed E-state index contributed by atoms with van der Waals surface area (Å²) in [6, 6.07) is 4.95. The van der Waals surface area contributed by atoms with Gasteiger partial charge in [-0.3, -0.25) is 4.90 Å². The minimum atomic E-state index is -4.37. The number of anilines is 1. The molecule has 17 heavy (non-hydrogen) atoms. The van der Waals surface area contributed by atoms with Crippen molar-refractivity contribution in [2.75, 3.05) is 4.90 Å². The van der Waals surface area contributed by atoms with E-state index >= 15 is 0 Å². The van der Waals surface area contributed by atoms with Crippen LogP contribution in [0.4, 0.5) is 18.9 Å². The number of hydrogen-bond donors (Lipinski definition) is 0. The zero-order valence-electron chi connectivity index (χ0n) is 8.77. The van der Waals surface area contributed by atoms with Gasteiger partial charge in [-0.1, -0.05) is 6.07 Å². The fourth-order valence-electron chi connectivity index (χ4n) is 1.55. The Labute approximate surface area is 101 Å². The third kappa shape index (κ3) is 2.28. The molecule has 0 spiro atoms. The summed E-state index contributed by atoms with van der Waals surface area (Å²) in [7, 11) is 0. The molecule has 90 valence electrons. The number of alkyl halides is 3. The second kappa shape index (κ2) is 4.06. The van der Waals surface area contributed by atoms with Gasteiger partial charge in [-0.15, -0.1) is 5.11 Å². The largest absolute Gasteiger partial charge is 0.416 e. The van der Waals surface area contributed by atoms with Crippen LogP contribution < -0.4 is 4.90 Å². The molecule has 1 aromatic rings. The zero-order valence-corrected chi connectivity index (χ0v) is 9.59. The summed E-state index contributed by atoms with van der Waals surface area (Å²) < 4.78 is 37.7. The molecule has 0 aromatic heterocycles. The molecule has 0 amide bonds. The molecule has 7 heteroatoms. The molecule has 0 unspecified atom stereocenters. The lowest BCUT2D eigenvalue weighted by Gasteiger charge is -2.21. The van der Waals surface area contributed by atoms with Gasteiger partial charge in [0, 0.05) is 5.69 Å². The van der Waals surface area contributed by atoms with E-state index in [2.05, 4.69) is 10.2 Å². The molecule has 0 aliphatic carbocycles. The summed E-state index contributed by atoms with van der Waals surface area (Å²) in [5.74, 6) is 0. The normalized spacial score (nSPS) is 20.1. The van der Waals surface area contributed by atoms with Gasteiger partial charge >= 0.3 is 6.18 Å². The molecular formula is C10H8F3N3S. The van der Waals surface area contributed by atoms with Gasteiger partial charge < -0.3 is 0 Å². The zero-order chi connectivity index (χ0) is 12.6. The summed E-state index contributed by atoms with van der Waals surface area (Å²) in [5.41, 5.74) is -0.362. The van der Waals surface area contributed by atoms with Crippen LogP contribution in [0.2, 0.25) is 0 Å². The lowest BCUT2D eigenvalue weighted by molar-refractivity contribution is -0.137. The van der Waals surface area contributed by atoms with Crippen molar-refractivity contribution in [1.82, 2.24) is 0 Å². The Hall–Kier alpha value is -1.50. The highest BCUT2D eigenvalue weighted by atomic mass is 32.1. The van der Waals surface area contributed by atoms with Crippen LogP contribution in [0.1, 0.15) is 12.5 Å². The van der Waals surface area contributed by atoms with E-state index in [9.17, 15) is 13.2 Å². The standard InChI is InChI=1S/C10H8F3N3S/c1-6-14-15-9(17)16(6)8-4-2-3-7(5-8)10(11,12)13/h2-6H,1H3/t6-/m0/s1. The minimum Gasteiger partial charge on any atom is -0.291 e. The molecule has 0 saturated carbocycles. The smallest absolute Gasteiger partial charge is 0.291 e. The molecule has 0 N–H and O–H groups in total. The first-order chi connectivity index (χ1) is 7.89. The van der Waals surface area contributed by atoms with Crippen LogP contribution in [0.25, 0.3) is 0 Å². The van der Waals surface area contributed by atoms with Gasteiger partial charge in [0.2, 0.25) is 5.11 Å². The van der Waals surface area contributed by atoms with E-state index in [-0.39, 0.29) is 11.3 Å². The van der Waals surface area contributed by atoms with Crippen molar-refractivity contribution in [2.45, 2.75) is 19.3 Å². The molecule has 1 heterocycles. The monoisotopic (exact) mass is 259 g/mol. The Morgan fingerprint density at radius 2 is 2.06 bits per heavy atom. The first kappa shape index (κ1) is 12.0. The molecule has 1 aliphatic heterocycles. The van der Waals surface area contributed by atoms with E-state index in [1.54, 1.807) is 13.0 Å². The van der Waals surface area contributed by atoms with Gasteiger partial charge in [0.05, 0.1) is 5.56 Å². The minimum absolute atomic E-state index is 0.178. The van der Waals surface area contributed by atoms with Gasteiger partial charge in [0.25, 0.3) is 0 Å². The maximum absolute atomic E-state index is 12.6. The van der Waals surface area contributed by atoms with Gasteiger partial charge in [-0.2, -0.15) is 18.3 Å². The first-order valence-electron chi connectivity index (χ1n) is 4.81. The molecule has 1 aromatic carbocycles. The van der Waals surface area contributed by atoms with E-state index in [0.29, 0.717) is 5.69 Å². The van der Waals surface area contributed by atoms with E-state index in [0.717, 1.165) is 12.1 Å². The van der Waals surface area contributed by atoms with E-state index in [1.807, 2.05) is 0 Å². The van der Waals surface area contributed by atoms with Crippen molar-refractivity contribution in [1.29, 1.82) is 0 Å². The van der Waals surface area contributed by atoms with E-state index in [1.165, 1.54) is 11.0 Å². The number of nitrogens with zero attached hydrogens (tertiary/aromatic N) is 3. The first-order valence-corrected chi connectivity index (χ1v) is 5.22. The van der Waals surface area contributed by atoms with Gasteiger partial charge in [-0.25, -0.2) is 0 Å². The predicted octanol–water partition coefficient (Wildman–Crippen LogP) is 3.61.